The van der Waals surface area contributed by atoms with Crippen LogP contribution in [0.25, 0.3) is 11.3 Å². The monoisotopic (exact) mass is 290 g/mol. The molecule has 0 amide bonds. The fourth-order valence-electron chi connectivity index (χ4n) is 2.12. The van der Waals surface area contributed by atoms with Gasteiger partial charge in [0, 0.05) is 23.6 Å². The number of aryl methyl sites for hydroxylation is 3. The molecule has 0 saturated heterocycles. The van der Waals surface area contributed by atoms with E-state index in [-0.39, 0.29) is 6.04 Å². The first-order valence-electron chi connectivity index (χ1n) is 6.81. The van der Waals surface area contributed by atoms with Crippen molar-refractivity contribution >= 4 is 16.5 Å². The Balaban J connectivity index is 2.24. The average Bonchev–Trinajstić information content (AvgIpc) is 2.74. The van der Waals surface area contributed by atoms with Gasteiger partial charge in [0.05, 0.1) is 12.3 Å². The highest BCUT2D eigenvalue weighted by molar-refractivity contribution is 7.16. The Morgan fingerprint density at radius 2 is 2.00 bits per heavy atom. The Kier molecular flexibility index (Phi) is 4.78. The van der Waals surface area contributed by atoms with Crippen molar-refractivity contribution in [2.75, 3.05) is 19.0 Å². The summed E-state index contributed by atoms with van der Waals surface area (Å²) in [6, 6.07) is 6.77. The zero-order chi connectivity index (χ0) is 14.7. The molecule has 0 unspecified atom stereocenters. The number of hydrogen-bond acceptors (Lipinski definition) is 4. The van der Waals surface area contributed by atoms with Crippen LogP contribution in [0.4, 0.5) is 5.13 Å². The Morgan fingerprint density at radius 1 is 1.25 bits per heavy atom. The SMILES string of the molecule is COC[C@@H](C)Nc1nc(-c2ccc(C)c(C)c2)c(C)s1. The van der Waals surface area contributed by atoms with Crippen LogP contribution in [-0.2, 0) is 4.74 Å². The highest BCUT2D eigenvalue weighted by Gasteiger charge is 2.12. The Morgan fingerprint density at radius 3 is 2.65 bits per heavy atom. The summed E-state index contributed by atoms with van der Waals surface area (Å²) < 4.78 is 5.14. The molecule has 0 fully saturated rings. The van der Waals surface area contributed by atoms with Gasteiger partial charge in [-0.1, -0.05) is 12.1 Å². The molecule has 4 heteroatoms. The minimum absolute atomic E-state index is 0.262. The van der Waals surface area contributed by atoms with E-state index >= 15 is 0 Å². The van der Waals surface area contributed by atoms with E-state index in [9.17, 15) is 0 Å². The van der Waals surface area contributed by atoms with Crippen LogP contribution in [0.15, 0.2) is 18.2 Å². The first-order chi connectivity index (χ1) is 9.51. The van der Waals surface area contributed by atoms with Crippen LogP contribution < -0.4 is 5.32 Å². The molecular weight excluding hydrogens is 268 g/mol. The van der Waals surface area contributed by atoms with E-state index in [2.05, 4.69) is 51.2 Å². The molecule has 1 heterocycles. The molecule has 1 N–H and O–H groups in total. The number of nitrogens with zero attached hydrogens (tertiary/aromatic N) is 1. The van der Waals surface area contributed by atoms with E-state index in [0.717, 1.165) is 10.8 Å². The third-order valence-electron chi connectivity index (χ3n) is 3.36. The van der Waals surface area contributed by atoms with Crippen LogP contribution in [0.3, 0.4) is 0 Å². The van der Waals surface area contributed by atoms with Gasteiger partial charge in [-0.05, 0) is 44.9 Å². The number of rotatable bonds is 5. The molecule has 0 aliphatic heterocycles. The lowest BCUT2D eigenvalue weighted by Crippen LogP contribution is -2.20. The number of aromatic nitrogens is 1. The minimum atomic E-state index is 0.262. The molecule has 0 aliphatic rings. The van der Waals surface area contributed by atoms with Crippen LogP contribution >= 0.6 is 11.3 Å². The van der Waals surface area contributed by atoms with E-state index in [1.165, 1.54) is 21.6 Å². The lowest BCUT2D eigenvalue weighted by atomic mass is 10.0. The van der Waals surface area contributed by atoms with Gasteiger partial charge < -0.3 is 10.1 Å². The first kappa shape index (κ1) is 15.0. The molecular formula is C16H22N2OS. The number of thiazole rings is 1. The summed E-state index contributed by atoms with van der Waals surface area (Å²) in [6.07, 6.45) is 0. The number of ether oxygens (including phenoxy) is 1. The topological polar surface area (TPSA) is 34.1 Å². The van der Waals surface area contributed by atoms with Gasteiger partial charge in [0.25, 0.3) is 0 Å². The van der Waals surface area contributed by atoms with E-state index < -0.39 is 0 Å². The molecule has 0 radical (unpaired) electrons. The molecule has 0 aliphatic carbocycles. The molecule has 2 rings (SSSR count). The normalized spacial score (nSPS) is 12.4. The van der Waals surface area contributed by atoms with Crippen molar-refractivity contribution in [3.05, 3.63) is 34.2 Å². The van der Waals surface area contributed by atoms with Crippen molar-refractivity contribution < 1.29 is 4.74 Å². The van der Waals surface area contributed by atoms with Crippen LogP contribution in [0.1, 0.15) is 22.9 Å². The van der Waals surface area contributed by atoms with Crippen molar-refractivity contribution in [3.8, 4) is 11.3 Å². The quantitative estimate of drug-likeness (QED) is 0.897. The average molecular weight is 290 g/mol. The van der Waals surface area contributed by atoms with Crippen molar-refractivity contribution in [1.29, 1.82) is 0 Å². The predicted octanol–water partition coefficient (Wildman–Crippen LogP) is 4.18. The zero-order valence-corrected chi connectivity index (χ0v) is 13.6. The molecule has 3 nitrogen and oxygen atoms in total. The van der Waals surface area contributed by atoms with E-state index in [4.69, 9.17) is 9.72 Å². The number of hydrogen-bond donors (Lipinski definition) is 1. The summed E-state index contributed by atoms with van der Waals surface area (Å²) >= 11 is 1.70. The summed E-state index contributed by atoms with van der Waals surface area (Å²) in [6.45, 7) is 9.16. The summed E-state index contributed by atoms with van der Waals surface area (Å²) in [5.41, 5.74) is 4.88. The minimum Gasteiger partial charge on any atom is -0.383 e. The third kappa shape index (κ3) is 3.38. The van der Waals surface area contributed by atoms with Crippen molar-refractivity contribution in [2.45, 2.75) is 33.7 Å². The predicted molar refractivity (Wildman–Crippen MR) is 86.7 cm³/mol. The molecule has 1 aromatic carbocycles. The number of nitrogens with one attached hydrogen (secondary N) is 1. The summed E-state index contributed by atoms with van der Waals surface area (Å²) in [4.78, 5) is 5.96. The summed E-state index contributed by atoms with van der Waals surface area (Å²) in [7, 11) is 1.71. The second-order valence-electron chi connectivity index (χ2n) is 5.22. The zero-order valence-electron chi connectivity index (χ0n) is 12.8. The van der Waals surface area contributed by atoms with Crippen molar-refractivity contribution in [3.63, 3.8) is 0 Å². The fraction of sp³-hybridized carbons (Fsp3) is 0.438. The highest BCUT2D eigenvalue weighted by atomic mass is 32.1. The number of anilines is 1. The Hall–Kier alpha value is -1.39. The standard InChI is InChI=1S/C16H22N2OS/c1-10-6-7-14(8-11(10)2)15-13(4)20-16(18-15)17-12(3)9-19-5/h6-8,12H,9H2,1-5H3,(H,17,18)/t12-/m1/s1. The molecule has 1 atom stereocenters. The maximum absolute atomic E-state index is 5.14. The maximum Gasteiger partial charge on any atom is 0.183 e. The van der Waals surface area contributed by atoms with Gasteiger partial charge >= 0.3 is 0 Å². The Labute approximate surface area is 125 Å². The van der Waals surface area contributed by atoms with Gasteiger partial charge in [-0.2, -0.15) is 0 Å². The van der Waals surface area contributed by atoms with Gasteiger partial charge in [-0.15, -0.1) is 11.3 Å². The van der Waals surface area contributed by atoms with E-state index in [0.29, 0.717) is 6.61 Å². The van der Waals surface area contributed by atoms with Gasteiger partial charge in [-0.3, -0.25) is 0 Å². The fourth-order valence-corrected chi connectivity index (χ4v) is 3.06. The molecule has 1 aromatic heterocycles. The van der Waals surface area contributed by atoms with Crippen LogP contribution in [-0.4, -0.2) is 24.7 Å². The molecule has 2 aromatic rings. The molecule has 20 heavy (non-hydrogen) atoms. The largest absolute Gasteiger partial charge is 0.383 e. The van der Waals surface area contributed by atoms with E-state index in [1.807, 2.05) is 0 Å². The highest BCUT2D eigenvalue weighted by Crippen LogP contribution is 2.31. The lowest BCUT2D eigenvalue weighted by Gasteiger charge is -2.10. The second kappa shape index (κ2) is 6.37. The van der Waals surface area contributed by atoms with Gasteiger partial charge in [0.1, 0.15) is 0 Å². The summed E-state index contributed by atoms with van der Waals surface area (Å²) in [5.74, 6) is 0. The lowest BCUT2D eigenvalue weighted by molar-refractivity contribution is 0.190. The number of benzene rings is 1. The van der Waals surface area contributed by atoms with Gasteiger partial charge in [0.15, 0.2) is 5.13 Å². The van der Waals surface area contributed by atoms with Gasteiger partial charge in [0.2, 0.25) is 0 Å². The van der Waals surface area contributed by atoms with Crippen LogP contribution in [0.5, 0.6) is 0 Å². The first-order valence-corrected chi connectivity index (χ1v) is 7.63. The maximum atomic E-state index is 5.14. The molecule has 108 valence electrons. The molecule has 0 saturated carbocycles. The van der Waals surface area contributed by atoms with Crippen LogP contribution in [0.2, 0.25) is 0 Å². The van der Waals surface area contributed by atoms with E-state index in [1.54, 1.807) is 18.4 Å². The smallest absolute Gasteiger partial charge is 0.183 e. The Bertz CT molecular complexity index is 592. The second-order valence-corrected chi connectivity index (χ2v) is 6.43. The van der Waals surface area contributed by atoms with Crippen molar-refractivity contribution in [2.24, 2.45) is 0 Å². The third-order valence-corrected chi connectivity index (χ3v) is 4.27. The molecule has 0 bridgehead atoms. The number of methoxy groups -OCH3 is 1. The van der Waals surface area contributed by atoms with Gasteiger partial charge in [-0.25, -0.2) is 4.98 Å². The molecule has 0 spiro atoms. The summed E-state index contributed by atoms with van der Waals surface area (Å²) in [5, 5.41) is 4.34. The van der Waals surface area contributed by atoms with Crippen LogP contribution in [0, 0.1) is 20.8 Å². The van der Waals surface area contributed by atoms with Crippen molar-refractivity contribution in [1.82, 2.24) is 4.98 Å².